The van der Waals surface area contributed by atoms with Crippen molar-refractivity contribution in [3.63, 3.8) is 0 Å². The van der Waals surface area contributed by atoms with Crippen LogP contribution < -0.4 is 0 Å². The van der Waals surface area contributed by atoms with Crippen LogP contribution in [0, 0.1) is 3.57 Å². The molecule has 0 saturated carbocycles. The lowest BCUT2D eigenvalue weighted by Gasteiger charge is -2.05. The Bertz CT molecular complexity index is 731. The molecule has 0 radical (unpaired) electrons. The molecule has 0 amide bonds. The molecule has 0 unspecified atom stereocenters. The van der Waals surface area contributed by atoms with E-state index >= 15 is 0 Å². The Balaban J connectivity index is 2.13. The third-order valence-electron chi connectivity index (χ3n) is 3.21. The number of benzene rings is 2. The molecule has 0 aliphatic rings. The summed E-state index contributed by atoms with van der Waals surface area (Å²) < 4.78 is 3.31. The first-order chi connectivity index (χ1) is 9.29. The van der Waals surface area contributed by atoms with E-state index in [2.05, 4.69) is 51.6 Å². The highest BCUT2D eigenvalue weighted by atomic mass is 127. The van der Waals surface area contributed by atoms with Gasteiger partial charge in [-0.25, -0.2) is 0 Å². The normalized spacial score (nSPS) is 10.8. The lowest BCUT2D eigenvalue weighted by Crippen LogP contribution is -1.97. The van der Waals surface area contributed by atoms with Crippen molar-refractivity contribution < 1.29 is 4.79 Å². The van der Waals surface area contributed by atoms with Gasteiger partial charge in [-0.05, 0) is 34.2 Å². The summed E-state index contributed by atoms with van der Waals surface area (Å²) >= 11 is 2.29. The topological polar surface area (TPSA) is 22.0 Å². The lowest BCUT2D eigenvalue weighted by atomic mass is 10.1. The molecule has 1 aromatic heterocycles. The minimum atomic E-state index is 0.758. The molecular formula is C16H12INO. The van der Waals surface area contributed by atoms with Gasteiger partial charge in [0, 0.05) is 27.3 Å². The molecule has 19 heavy (non-hydrogen) atoms. The van der Waals surface area contributed by atoms with Gasteiger partial charge in [0.15, 0.2) is 6.29 Å². The first-order valence-electron chi connectivity index (χ1n) is 6.06. The predicted octanol–water partition coefficient (Wildman–Crippen LogP) is 4.11. The van der Waals surface area contributed by atoms with Crippen molar-refractivity contribution in [1.29, 1.82) is 0 Å². The Morgan fingerprint density at radius 1 is 1.05 bits per heavy atom. The number of fused-ring (bicyclic) bond motifs is 1. The molecule has 0 saturated heterocycles. The average molecular weight is 361 g/mol. The molecule has 0 fully saturated rings. The van der Waals surface area contributed by atoms with Crippen LogP contribution in [0.4, 0.5) is 0 Å². The summed E-state index contributed by atoms with van der Waals surface area (Å²) in [4.78, 5) is 11.1. The second kappa shape index (κ2) is 5.17. The predicted molar refractivity (Wildman–Crippen MR) is 85.6 cm³/mol. The fraction of sp³-hybridized carbons (Fsp3) is 0.0625. The maximum Gasteiger partial charge on any atom is 0.150 e. The SMILES string of the molecule is O=Cc1cccc2c1c(I)cn2Cc1ccccc1. The molecule has 3 rings (SSSR count). The van der Waals surface area contributed by atoms with Crippen molar-refractivity contribution in [2.24, 2.45) is 0 Å². The van der Waals surface area contributed by atoms with Crippen LogP contribution in [0.5, 0.6) is 0 Å². The van der Waals surface area contributed by atoms with Gasteiger partial charge in [0.1, 0.15) is 0 Å². The average Bonchev–Trinajstić information content (AvgIpc) is 2.77. The third kappa shape index (κ3) is 2.30. The van der Waals surface area contributed by atoms with Crippen molar-refractivity contribution >= 4 is 39.8 Å². The second-order valence-corrected chi connectivity index (χ2v) is 5.61. The Morgan fingerprint density at radius 2 is 1.84 bits per heavy atom. The molecule has 0 atom stereocenters. The Labute approximate surface area is 125 Å². The van der Waals surface area contributed by atoms with E-state index in [0.717, 1.165) is 32.9 Å². The maximum absolute atomic E-state index is 11.1. The molecule has 0 N–H and O–H groups in total. The highest BCUT2D eigenvalue weighted by Crippen LogP contribution is 2.26. The van der Waals surface area contributed by atoms with E-state index in [1.54, 1.807) is 0 Å². The summed E-state index contributed by atoms with van der Waals surface area (Å²) in [6, 6.07) is 16.2. The number of carbonyl (C=O) groups is 1. The number of halogens is 1. The summed E-state index contributed by atoms with van der Waals surface area (Å²) in [6.07, 6.45) is 3.03. The molecular weight excluding hydrogens is 349 g/mol. The zero-order chi connectivity index (χ0) is 13.2. The summed E-state index contributed by atoms with van der Waals surface area (Å²) in [5.74, 6) is 0. The highest BCUT2D eigenvalue weighted by Gasteiger charge is 2.10. The number of aromatic nitrogens is 1. The fourth-order valence-corrected chi connectivity index (χ4v) is 3.26. The van der Waals surface area contributed by atoms with E-state index < -0.39 is 0 Å². The van der Waals surface area contributed by atoms with E-state index in [4.69, 9.17) is 0 Å². The Hall–Kier alpha value is -1.62. The standard InChI is InChI=1S/C16H12INO/c17-14-10-18(9-12-5-2-1-3-6-12)15-8-4-7-13(11-19)16(14)15/h1-8,10-11H,9H2. The molecule has 3 aromatic rings. The maximum atomic E-state index is 11.1. The largest absolute Gasteiger partial charge is 0.342 e. The van der Waals surface area contributed by atoms with Gasteiger partial charge in [-0.2, -0.15) is 0 Å². The van der Waals surface area contributed by atoms with Crippen LogP contribution in [0.2, 0.25) is 0 Å². The minimum Gasteiger partial charge on any atom is -0.342 e. The van der Waals surface area contributed by atoms with Crippen LogP contribution >= 0.6 is 22.6 Å². The van der Waals surface area contributed by atoms with Crippen LogP contribution in [0.15, 0.2) is 54.7 Å². The van der Waals surface area contributed by atoms with Gasteiger partial charge in [0.05, 0.1) is 5.52 Å². The minimum absolute atomic E-state index is 0.758. The summed E-state index contributed by atoms with van der Waals surface area (Å²) in [6.45, 7) is 0.822. The number of hydrogen-bond donors (Lipinski definition) is 0. The zero-order valence-electron chi connectivity index (χ0n) is 10.2. The van der Waals surface area contributed by atoms with Gasteiger partial charge in [-0.1, -0.05) is 42.5 Å². The number of rotatable bonds is 3. The van der Waals surface area contributed by atoms with Crippen LogP contribution in [-0.2, 0) is 6.54 Å². The smallest absolute Gasteiger partial charge is 0.150 e. The fourth-order valence-electron chi connectivity index (χ4n) is 2.34. The Morgan fingerprint density at radius 3 is 2.58 bits per heavy atom. The molecule has 3 heteroatoms. The zero-order valence-corrected chi connectivity index (χ0v) is 12.4. The van der Waals surface area contributed by atoms with E-state index in [1.165, 1.54) is 5.56 Å². The number of hydrogen-bond acceptors (Lipinski definition) is 1. The van der Waals surface area contributed by atoms with Crippen molar-refractivity contribution in [2.45, 2.75) is 6.54 Å². The molecule has 0 aliphatic carbocycles. The summed E-state index contributed by atoms with van der Waals surface area (Å²) in [7, 11) is 0. The third-order valence-corrected chi connectivity index (χ3v) is 4.03. The number of carbonyl (C=O) groups excluding carboxylic acids is 1. The van der Waals surface area contributed by atoms with Crippen molar-refractivity contribution in [3.05, 3.63) is 69.4 Å². The quantitative estimate of drug-likeness (QED) is 0.509. The van der Waals surface area contributed by atoms with Crippen LogP contribution in [0.25, 0.3) is 10.9 Å². The van der Waals surface area contributed by atoms with Crippen LogP contribution in [-0.4, -0.2) is 10.9 Å². The first-order valence-corrected chi connectivity index (χ1v) is 7.14. The molecule has 2 aromatic carbocycles. The van der Waals surface area contributed by atoms with Gasteiger partial charge in [-0.3, -0.25) is 4.79 Å². The molecule has 2 nitrogen and oxygen atoms in total. The second-order valence-electron chi connectivity index (χ2n) is 4.45. The molecule has 1 heterocycles. The van der Waals surface area contributed by atoms with Gasteiger partial charge >= 0.3 is 0 Å². The van der Waals surface area contributed by atoms with Gasteiger partial charge in [-0.15, -0.1) is 0 Å². The summed E-state index contributed by atoms with van der Waals surface area (Å²) in [5, 5.41) is 1.05. The van der Waals surface area contributed by atoms with Crippen molar-refractivity contribution in [2.75, 3.05) is 0 Å². The first kappa shape index (κ1) is 12.4. The van der Waals surface area contributed by atoms with Gasteiger partial charge < -0.3 is 4.57 Å². The van der Waals surface area contributed by atoms with Gasteiger partial charge in [0.25, 0.3) is 0 Å². The number of nitrogens with zero attached hydrogens (tertiary/aromatic N) is 1. The van der Waals surface area contributed by atoms with E-state index in [9.17, 15) is 4.79 Å². The van der Waals surface area contributed by atoms with Crippen LogP contribution in [0.1, 0.15) is 15.9 Å². The highest BCUT2D eigenvalue weighted by molar-refractivity contribution is 14.1. The van der Waals surface area contributed by atoms with E-state index in [1.807, 2.05) is 30.3 Å². The van der Waals surface area contributed by atoms with Gasteiger partial charge in [0.2, 0.25) is 0 Å². The number of aldehydes is 1. The van der Waals surface area contributed by atoms with Crippen molar-refractivity contribution in [3.8, 4) is 0 Å². The Kier molecular flexibility index (Phi) is 3.38. The molecule has 94 valence electrons. The lowest BCUT2D eigenvalue weighted by molar-refractivity contribution is 0.112. The summed E-state index contributed by atoms with van der Waals surface area (Å²) in [5.41, 5.74) is 3.12. The molecule has 0 spiro atoms. The van der Waals surface area contributed by atoms with Crippen molar-refractivity contribution in [1.82, 2.24) is 4.57 Å². The van der Waals surface area contributed by atoms with E-state index in [-0.39, 0.29) is 0 Å². The van der Waals surface area contributed by atoms with E-state index in [0.29, 0.717) is 0 Å². The monoisotopic (exact) mass is 361 g/mol. The molecule has 0 aliphatic heterocycles. The van der Waals surface area contributed by atoms with Crippen LogP contribution in [0.3, 0.4) is 0 Å². The molecule has 0 bridgehead atoms.